The van der Waals surface area contributed by atoms with Crippen molar-refractivity contribution in [3.63, 3.8) is 0 Å². The molecule has 0 radical (unpaired) electrons. The van der Waals surface area contributed by atoms with Crippen molar-refractivity contribution in [3.05, 3.63) is 48.7 Å². The summed E-state index contributed by atoms with van der Waals surface area (Å²) < 4.78 is 0. The molecule has 0 unspecified atom stereocenters. The van der Waals surface area contributed by atoms with Crippen LogP contribution in [0.3, 0.4) is 0 Å². The van der Waals surface area contributed by atoms with E-state index in [1.807, 2.05) is 36.5 Å². The van der Waals surface area contributed by atoms with E-state index in [9.17, 15) is 0 Å². The van der Waals surface area contributed by atoms with Gasteiger partial charge in [-0.15, -0.1) is 0 Å². The minimum atomic E-state index is 0.902. The molecule has 1 heterocycles. The summed E-state index contributed by atoms with van der Waals surface area (Å²) >= 11 is 0. The van der Waals surface area contributed by atoms with Crippen molar-refractivity contribution in [2.24, 2.45) is 4.99 Å². The number of rotatable bonds is 8. The van der Waals surface area contributed by atoms with Gasteiger partial charge in [-0.25, -0.2) is 0 Å². The molecular formula is C18H23N3. The number of pyridine rings is 1. The summed E-state index contributed by atoms with van der Waals surface area (Å²) in [5, 5.41) is 3.20. The summed E-state index contributed by atoms with van der Waals surface area (Å²) in [6.45, 7) is 3.12. The van der Waals surface area contributed by atoms with Crippen LogP contribution in [0.1, 0.15) is 32.6 Å². The molecule has 0 aliphatic carbocycles. The molecule has 21 heavy (non-hydrogen) atoms. The van der Waals surface area contributed by atoms with Crippen molar-refractivity contribution in [2.45, 2.75) is 32.6 Å². The van der Waals surface area contributed by atoms with Gasteiger partial charge >= 0.3 is 0 Å². The zero-order valence-corrected chi connectivity index (χ0v) is 12.6. The number of nitrogens with zero attached hydrogens (tertiary/aromatic N) is 2. The summed E-state index contributed by atoms with van der Waals surface area (Å²) in [4.78, 5) is 8.71. The summed E-state index contributed by atoms with van der Waals surface area (Å²) in [7, 11) is 0. The Bertz CT molecular complexity index is 532. The number of hydrogen-bond donors (Lipinski definition) is 1. The lowest BCUT2D eigenvalue weighted by Crippen LogP contribution is -1.96. The Hall–Kier alpha value is -2.16. The van der Waals surface area contributed by atoms with Crippen LogP contribution in [0.25, 0.3) is 11.3 Å². The first-order valence-electron chi connectivity index (χ1n) is 7.66. The number of hydrogen-bond acceptors (Lipinski definition) is 2. The Balaban J connectivity index is 1.79. The van der Waals surface area contributed by atoms with Crippen LogP contribution in [-0.2, 0) is 0 Å². The fourth-order valence-corrected chi connectivity index (χ4v) is 2.09. The number of nitrogens with one attached hydrogen (secondary N) is 1. The zero-order chi connectivity index (χ0) is 14.8. The van der Waals surface area contributed by atoms with Crippen molar-refractivity contribution >= 4 is 12.0 Å². The predicted molar refractivity (Wildman–Crippen MR) is 90.8 cm³/mol. The van der Waals surface area contributed by atoms with Crippen molar-refractivity contribution < 1.29 is 0 Å². The van der Waals surface area contributed by atoms with Gasteiger partial charge in [-0.2, -0.15) is 0 Å². The maximum Gasteiger partial charge on any atom is 0.0867 e. The molecule has 0 bridgehead atoms. The Morgan fingerprint density at radius 3 is 2.62 bits per heavy atom. The average Bonchev–Trinajstić information content (AvgIpc) is 2.55. The molecular weight excluding hydrogens is 258 g/mol. The molecule has 3 nitrogen and oxygen atoms in total. The van der Waals surface area contributed by atoms with E-state index in [4.69, 9.17) is 0 Å². The minimum absolute atomic E-state index is 0.902. The van der Waals surface area contributed by atoms with Crippen molar-refractivity contribution in [1.29, 1.82) is 0 Å². The van der Waals surface area contributed by atoms with Gasteiger partial charge in [-0.1, -0.05) is 44.4 Å². The van der Waals surface area contributed by atoms with E-state index in [0.29, 0.717) is 0 Å². The third-order valence-electron chi connectivity index (χ3n) is 3.31. The Morgan fingerprint density at radius 2 is 1.90 bits per heavy atom. The number of unbranched alkanes of at least 4 members (excludes halogenated alkanes) is 3. The van der Waals surface area contributed by atoms with Crippen LogP contribution in [0.4, 0.5) is 5.69 Å². The SMILES string of the molecule is CCCCCCN=CNc1ccc(-c2ccccn2)cc1. The average molecular weight is 281 g/mol. The lowest BCUT2D eigenvalue weighted by Gasteiger charge is -2.03. The molecule has 3 heteroatoms. The van der Waals surface area contributed by atoms with E-state index in [1.54, 1.807) is 6.34 Å². The summed E-state index contributed by atoms with van der Waals surface area (Å²) in [5.41, 5.74) is 3.17. The van der Waals surface area contributed by atoms with E-state index >= 15 is 0 Å². The topological polar surface area (TPSA) is 37.3 Å². The van der Waals surface area contributed by atoms with Crippen LogP contribution in [0.15, 0.2) is 53.7 Å². The zero-order valence-electron chi connectivity index (χ0n) is 12.6. The normalized spacial score (nSPS) is 10.9. The van der Waals surface area contributed by atoms with Crippen molar-refractivity contribution in [2.75, 3.05) is 11.9 Å². The van der Waals surface area contributed by atoms with Crippen LogP contribution in [-0.4, -0.2) is 17.9 Å². The predicted octanol–water partition coefficient (Wildman–Crippen LogP) is 4.77. The maximum absolute atomic E-state index is 4.37. The molecule has 0 saturated carbocycles. The maximum atomic E-state index is 4.37. The summed E-state index contributed by atoms with van der Waals surface area (Å²) in [5.74, 6) is 0. The molecule has 1 aromatic heterocycles. The second-order valence-electron chi connectivity index (χ2n) is 5.03. The Morgan fingerprint density at radius 1 is 1.05 bits per heavy atom. The monoisotopic (exact) mass is 281 g/mol. The van der Waals surface area contributed by atoms with Crippen LogP contribution in [0, 0.1) is 0 Å². The van der Waals surface area contributed by atoms with Gasteiger partial charge < -0.3 is 5.32 Å². The first-order valence-corrected chi connectivity index (χ1v) is 7.66. The largest absolute Gasteiger partial charge is 0.347 e. The molecule has 0 spiro atoms. The van der Waals surface area contributed by atoms with E-state index in [1.165, 1.54) is 25.7 Å². The van der Waals surface area contributed by atoms with Gasteiger partial charge in [0.15, 0.2) is 0 Å². The lowest BCUT2D eigenvalue weighted by atomic mass is 10.1. The summed E-state index contributed by atoms with van der Waals surface area (Å²) in [6.07, 6.45) is 8.62. The van der Waals surface area contributed by atoms with Crippen molar-refractivity contribution in [1.82, 2.24) is 4.98 Å². The molecule has 0 atom stereocenters. The highest BCUT2D eigenvalue weighted by atomic mass is 14.9. The second kappa shape index (κ2) is 8.90. The Kier molecular flexibility index (Phi) is 6.46. The molecule has 0 aliphatic heterocycles. The van der Waals surface area contributed by atoms with Crippen molar-refractivity contribution in [3.8, 4) is 11.3 Å². The highest BCUT2D eigenvalue weighted by molar-refractivity contribution is 5.76. The number of anilines is 1. The molecule has 0 saturated heterocycles. The fourth-order valence-electron chi connectivity index (χ4n) is 2.09. The molecule has 1 aromatic carbocycles. The van der Waals surface area contributed by atoms with Crippen LogP contribution >= 0.6 is 0 Å². The molecule has 110 valence electrons. The third-order valence-corrected chi connectivity index (χ3v) is 3.31. The standard InChI is InChI=1S/C18H23N3/c1-2-3-4-6-13-19-15-21-17-11-9-16(10-12-17)18-8-5-7-14-20-18/h5,7-12,14-15H,2-4,6,13H2,1H3,(H,19,21). The molecule has 0 aliphatic rings. The van der Waals surface area contributed by atoms with Crippen LogP contribution < -0.4 is 5.32 Å². The lowest BCUT2D eigenvalue weighted by molar-refractivity contribution is 0.676. The fraction of sp³-hybridized carbons (Fsp3) is 0.333. The van der Waals surface area contributed by atoms with Gasteiger partial charge in [0, 0.05) is 24.0 Å². The first kappa shape index (κ1) is 15.2. The van der Waals surface area contributed by atoms with Gasteiger partial charge in [-0.05, 0) is 30.7 Å². The molecule has 2 aromatic rings. The van der Waals surface area contributed by atoms with E-state index in [0.717, 1.165) is 23.5 Å². The van der Waals surface area contributed by atoms with Crippen LogP contribution in [0.2, 0.25) is 0 Å². The minimum Gasteiger partial charge on any atom is -0.347 e. The van der Waals surface area contributed by atoms with Gasteiger partial charge in [-0.3, -0.25) is 9.98 Å². The van der Waals surface area contributed by atoms with Gasteiger partial charge in [0.25, 0.3) is 0 Å². The van der Waals surface area contributed by atoms with Gasteiger partial charge in [0.2, 0.25) is 0 Å². The number of aromatic nitrogens is 1. The highest BCUT2D eigenvalue weighted by Crippen LogP contribution is 2.18. The van der Waals surface area contributed by atoms with E-state index in [-0.39, 0.29) is 0 Å². The smallest absolute Gasteiger partial charge is 0.0867 e. The molecule has 2 rings (SSSR count). The Labute approximate surface area is 127 Å². The van der Waals surface area contributed by atoms with E-state index < -0.39 is 0 Å². The molecule has 1 N–H and O–H groups in total. The summed E-state index contributed by atoms with van der Waals surface area (Å²) in [6, 6.07) is 14.2. The molecule has 0 fully saturated rings. The first-order chi connectivity index (χ1) is 10.4. The number of aliphatic imine (C=N–C) groups is 1. The quantitative estimate of drug-likeness (QED) is 0.430. The van der Waals surface area contributed by atoms with Gasteiger partial charge in [0.05, 0.1) is 12.0 Å². The second-order valence-corrected chi connectivity index (χ2v) is 5.03. The van der Waals surface area contributed by atoms with Crippen LogP contribution in [0.5, 0.6) is 0 Å². The number of benzene rings is 1. The third kappa shape index (κ3) is 5.38. The van der Waals surface area contributed by atoms with E-state index in [2.05, 4.69) is 34.3 Å². The molecule has 0 amide bonds. The highest BCUT2D eigenvalue weighted by Gasteiger charge is 1.97. The van der Waals surface area contributed by atoms with Gasteiger partial charge in [0.1, 0.15) is 0 Å².